The minimum absolute atomic E-state index is 0.217. The van der Waals surface area contributed by atoms with E-state index in [1.54, 1.807) is 6.92 Å². The van der Waals surface area contributed by atoms with Crippen molar-refractivity contribution in [2.45, 2.75) is 19.8 Å². The van der Waals surface area contributed by atoms with Gasteiger partial charge in [-0.25, -0.2) is 0 Å². The van der Waals surface area contributed by atoms with E-state index in [1.807, 2.05) is 54.6 Å². The Bertz CT molecular complexity index is 951. The predicted molar refractivity (Wildman–Crippen MR) is 112 cm³/mol. The topological polar surface area (TPSA) is 57.5 Å². The third-order valence-electron chi connectivity index (χ3n) is 4.75. The average molecular weight is 425 g/mol. The number of rotatable bonds is 6. The van der Waals surface area contributed by atoms with Gasteiger partial charge in [-0.1, -0.05) is 83.5 Å². The van der Waals surface area contributed by atoms with Crippen LogP contribution >= 0.6 is 15.9 Å². The van der Waals surface area contributed by atoms with Crippen LogP contribution in [0.3, 0.4) is 0 Å². The number of hydrogen-bond acceptors (Lipinski definition) is 2. The number of hydrogen-bond donors (Lipinski definition) is 2. The fourth-order valence-electron chi connectivity index (χ4n) is 3.06. The fourth-order valence-corrected chi connectivity index (χ4v) is 3.66. The summed E-state index contributed by atoms with van der Waals surface area (Å²) in [5.41, 5.74) is 4.63. The van der Waals surface area contributed by atoms with Crippen molar-refractivity contribution < 1.29 is 15.0 Å². The molecule has 27 heavy (non-hydrogen) atoms. The number of benzene rings is 3. The van der Waals surface area contributed by atoms with Crippen molar-refractivity contribution in [3.8, 4) is 28.0 Å². The molecule has 0 aliphatic rings. The molecule has 0 radical (unpaired) electrons. The standard InChI is InChI=1S/C23H21BrO3/c1-15(23(26)27)10-11-17-8-5-9-20(22(17)25)18-12-13-19(21(24)14-18)16-6-3-2-4-7-16/h2-9,12-15,25H,10-11H2,1H3,(H,26,27). The molecule has 1 unspecified atom stereocenters. The third-order valence-corrected chi connectivity index (χ3v) is 5.41. The van der Waals surface area contributed by atoms with Crippen LogP contribution in [0.4, 0.5) is 0 Å². The van der Waals surface area contributed by atoms with E-state index in [1.165, 1.54) is 0 Å². The summed E-state index contributed by atoms with van der Waals surface area (Å²) in [6.07, 6.45) is 1.01. The maximum absolute atomic E-state index is 11.0. The summed E-state index contributed by atoms with van der Waals surface area (Å²) < 4.78 is 0.954. The maximum atomic E-state index is 11.0. The highest BCUT2D eigenvalue weighted by molar-refractivity contribution is 9.10. The molecule has 0 aliphatic heterocycles. The molecule has 0 bridgehead atoms. The zero-order valence-corrected chi connectivity index (χ0v) is 16.6. The van der Waals surface area contributed by atoms with Crippen LogP contribution in [0.25, 0.3) is 22.3 Å². The maximum Gasteiger partial charge on any atom is 0.306 e. The Kier molecular flexibility index (Phi) is 5.97. The van der Waals surface area contributed by atoms with E-state index < -0.39 is 11.9 Å². The summed E-state index contributed by atoms with van der Waals surface area (Å²) in [7, 11) is 0. The lowest BCUT2D eigenvalue weighted by Crippen LogP contribution is -2.10. The summed E-state index contributed by atoms with van der Waals surface area (Å²) in [5, 5.41) is 19.8. The van der Waals surface area contributed by atoms with Crippen LogP contribution < -0.4 is 0 Å². The van der Waals surface area contributed by atoms with Gasteiger partial charge in [-0.3, -0.25) is 4.79 Å². The molecule has 0 amide bonds. The number of carboxylic acid groups (broad SMARTS) is 1. The summed E-state index contributed by atoms with van der Waals surface area (Å²) in [6.45, 7) is 1.68. The zero-order chi connectivity index (χ0) is 19.4. The highest BCUT2D eigenvalue weighted by Crippen LogP contribution is 2.37. The predicted octanol–water partition coefficient (Wildman–Crippen LogP) is 6.14. The minimum Gasteiger partial charge on any atom is -0.507 e. The van der Waals surface area contributed by atoms with Crippen molar-refractivity contribution in [2.24, 2.45) is 5.92 Å². The molecule has 3 nitrogen and oxygen atoms in total. The highest BCUT2D eigenvalue weighted by atomic mass is 79.9. The Morgan fingerprint density at radius 3 is 2.37 bits per heavy atom. The second kappa shape index (κ2) is 8.40. The molecule has 3 rings (SSSR count). The highest BCUT2D eigenvalue weighted by Gasteiger charge is 2.15. The van der Waals surface area contributed by atoms with Crippen LogP contribution in [-0.2, 0) is 11.2 Å². The Morgan fingerprint density at radius 2 is 1.70 bits per heavy atom. The van der Waals surface area contributed by atoms with Gasteiger partial charge in [-0.2, -0.15) is 0 Å². The molecule has 0 saturated carbocycles. The molecular weight excluding hydrogens is 404 g/mol. The Morgan fingerprint density at radius 1 is 0.963 bits per heavy atom. The third kappa shape index (κ3) is 4.40. The lowest BCUT2D eigenvalue weighted by molar-refractivity contribution is -0.141. The van der Waals surface area contributed by atoms with Crippen LogP contribution in [0.1, 0.15) is 18.9 Å². The molecule has 0 heterocycles. The van der Waals surface area contributed by atoms with Gasteiger partial charge in [-0.05, 0) is 41.2 Å². The van der Waals surface area contributed by atoms with Crippen molar-refractivity contribution in [2.75, 3.05) is 0 Å². The van der Waals surface area contributed by atoms with Gasteiger partial charge in [0, 0.05) is 10.0 Å². The van der Waals surface area contributed by atoms with Gasteiger partial charge in [0.05, 0.1) is 5.92 Å². The van der Waals surface area contributed by atoms with Crippen molar-refractivity contribution in [1.29, 1.82) is 0 Å². The number of halogens is 1. The Hall–Kier alpha value is -2.59. The van der Waals surface area contributed by atoms with E-state index in [-0.39, 0.29) is 5.75 Å². The van der Waals surface area contributed by atoms with E-state index in [2.05, 4.69) is 28.1 Å². The van der Waals surface area contributed by atoms with E-state index in [0.717, 1.165) is 32.3 Å². The lowest BCUT2D eigenvalue weighted by atomic mass is 9.95. The molecule has 0 saturated heterocycles. The van der Waals surface area contributed by atoms with Crippen molar-refractivity contribution >= 4 is 21.9 Å². The van der Waals surface area contributed by atoms with Crippen LogP contribution in [0, 0.1) is 5.92 Å². The number of aliphatic carboxylic acids is 1. The summed E-state index contributed by atoms with van der Waals surface area (Å²) >= 11 is 3.64. The first-order chi connectivity index (χ1) is 13.0. The molecule has 3 aromatic rings. The van der Waals surface area contributed by atoms with Crippen LogP contribution in [-0.4, -0.2) is 16.2 Å². The average Bonchev–Trinajstić information content (AvgIpc) is 2.67. The van der Waals surface area contributed by atoms with Crippen LogP contribution in [0.2, 0.25) is 0 Å². The van der Waals surface area contributed by atoms with Gasteiger partial charge in [0.2, 0.25) is 0 Å². The van der Waals surface area contributed by atoms with E-state index in [9.17, 15) is 9.90 Å². The number of aryl methyl sites for hydroxylation is 1. The molecule has 2 N–H and O–H groups in total. The summed E-state index contributed by atoms with van der Waals surface area (Å²) in [6, 6.07) is 21.8. The molecule has 4 heteroatoms. The van der Waals surface area contributed by atoms with Gasteiger partial charge in [0.15, 0.2) is 0 Å². The van der Waals surface area contributed by atoms with Gasteiger partial charge >= 0.3 is 5.97 Å². The number of carboxylic acids is 1. The monoisotopic (exact) mass is 424 g/mol. The second-order valence-corrected chi connectivity index (χ2v) is 7.51. The SMILES string of the molecule is CC(CCc1cccc(-c2ccc(-c3ccccc3)c(Br)c2)c1O)C(=O)O. The zero-order valence-electron chi connectivity index (χ0n) is 15.0. The van der Waals surface area contributed by atoms with Gasteiger partial charge < -0.3 is 10.2 Å². The van der Waals surface area contributed by atoms with E-state index in [0.29, 0.717) is 12.8 Å². The number of phenolic OH excluding ortho intramolecular Hbond substituents is 1. The van der Waals surface area contributed by atoms with Gasteiger partial charge in [-0.15, -0.1) is 0 Å². The van der Waals surface area contributed by atoms with E-state index in [4.69, 9.17) is 5.11 Å². The number of aromatic hydroxyl groups is 1. The molecule has 0 fully saturated rings. The van der Waals surface area contributed by atoms with Crippen molar-refractivity contribution in [1.82, 2.24) is 0 Å². The molecule has 138 valence electrons. The van der Waals surface area contributed by atoms with Gasteiger partial charge in [0.1, 0.15) is 5.75 Å². The summed E-state index contributed by atoms with van der Waals surface area (Å²) in [5.74, 6) is -1.03. The van der Waals surface area contributed by atoms with E-state index >= 15 is 0 Å². The van der Waals surface area contributed by atoms with Crippen molar-refractivity contribution in [3.63, 3.8) is 0 Å². The largest absolute Gasteiger partial charge is 0.507 e. The van der Waals surface area contributed by atoms with Crippen LogP contribution in [0.15, 0.2) is 71.2 Å². The number of para-hydroxylation sites is 1. The molecule has 0 aliphatic carbocycles. The smallest absolute Gasteiger partial charge is 0.306 e. The molecule has 1 atom stereocenters. The lowest BCUT2D eigenvalue weighted by Gasteiger charge is -2.13. The first-order valence-electron chi connectivity index (χ1n) is 8.86. The first-order valence-corrected chi connectivity index (χ1v) is 9.65. The Balaban J connectivity index is 1.89. The second-order valence-electron chi connectivity index (χ2n) is 6.65. The van der Waals surface area contributed by atoms with Crippen molar-refractivity contribution in [3.05, 3.63) is 76.8 Å². The molecule has 3 aromatic carbocycles. The number of phenols is 1. The molecular formula is C23H21BrO3. The first kappa shape index (κ1) is 19.2. The normalized spacial score (nSPS) is 11.9. The minimum atomic E-state index is -0.814. The quantitative estimate of drug-likeness (QED) is 0.499. The number of carbonyl (C=O) groups is 1. The van der Waals surface area contributed by atoms with Crippen LogP contribution in [0.5, 0.6) is 5.75 Å². The molecule has 0 aromatic heterocycles. The summed E-state index contributed by atoms with van der Waals surface area (Å²) in [4.78, 5) is 11.0. The molecule has 0 spiro atoms. The Labute approximate surface area is 167 Å². The fraction of sp³-hybridized carbons (Fsp3) is 0.174. The van der Waals surface area contributed by atoms with Gasteiger partial charge in [0.25, 0.3) is 0 Å².